The minimum atomic E-state index is 0.744. The summed E-state index contributed by atoms with van der Waals surface area (Å²) >= 11 is 4.94. The summed E-state index contributed by atoms with van der Waals surface area (Å²) in [6.07, 6.45) is 1.06. The van der Waals surface area contributed by atoms with Gasteiger partial charge in [-0.15, -0.1) is 0 Å². The number of hydrogen-bond acceptors (Lipinski definition) is 2. The van der Waals surface area contributed by atoms with Crippen LogP contribution in [0.1, 0.15) is 11.4 Å². The monoisotopic (exact) mass is 155 g/mol. The van der Waals surface area contributed by atoms with E-state index < -0.39 is 0 Å². The molecule has 0 unspecified atom stereocenters. The summed E-state index contributed by atoms with van der Waals surface area (Å²) in [5.74, 6) is 0. The van der Waals surface area contributed by atoms with Crippen LogP contribution < -0.4 is 5.32 Å². The minimum absolute atomic E-state index is 0.744. The molecule has 0 spiro atoms. The summed E-state index contributed by atoms with van der Waals surface area (Å²) in [5.41, 5.74) is 2.49. The maximum absolute atomic E-state index is 4.94. The third-order valence-electron chi connectivity index (χ3n) is 1.75. The maximum Gasteiger partial charge on any atom is 0.174 e. The number of hydrogen-bond donors (Lipinski definition) is 3. The van der Waals surface area contributed by atoms with E-state index in [-0.39, 0.29) is 0 Å². The van der Waals surface area contributed by atoms with Gasteiger partial charge in [-0.3, -0.25) is 0 Å². The molecule has 10 heavy (non-hydrogen) atoms. The molecule has 54 valence electrons. The van der Waals surface area contributed by atoms with Crippen LogP contribution in [0.4, 0.5) is 0 Å². The lowest BCUT2D eigenvalue weighted by atomic mass is 10.2. The minimum Gasteiger partial charge on any atom is -0.334 e. The van der Waals surface area contributed by atoms with E-state index in [9.17, 15) is 0 Å². The van der Waals surface area contributed by atoms with E-state index in [0.29, 0.717) is 0 Å². The molecule has 3 nitrogen and oxygen atoms in total. The topological polar surface area (TPSA) is 43.6 Å². The zero-order valence-electron chi connectivity index (χ0n) is 5.53. The standard InChI is InChI=1S/C6H9N3S/c10-6-8-4-1-2-7-3-5(4)9-6/h7H,1-3H2,(H2,8,9,10). The zero-order chi connectivity index (χ0) is 6.97. The molecule has 1 aliphatic rings. The van der Waals surface area contributed by atoms with E-state index in [1.165, 1.54) is 11.4 Å². The van der Waals surface area contributed by atoms with Crippen molar-refractivity contribution in [1.29, 1.82) is 0 Å². The molecular formula is C6H9N3S. The lowest BCUT2D eigenvalue weighted by molar-refractivity contribution is 0.627. The molecule has 0 aliphatic carbocycles. The summed E-state index contributed by atoms with van der Waals surface area (Å²) in [6, 6.07) is 0. The average molecular weight is 155 g/mol. The highest BCUT2D eigenvalue weighted by molar-refractivity contribution is 7.71. The van der Waals surface area contributed by atoms with Crippen molar-refractivity contribution in [3.05, 3.63) is 16.2 Å². The Morgan fingerprint density at radius 1 is 1.20 bits per heavy atom. The Kier molecular flexibility index (Phi) is 1.35. The van der Waals surface area contributed by atoms with E-state index in [4.69, 9.17) is 12.2 Å². The molecule has 0 saturated carbocycles. The van der Waals surface area contributed by atoms with Crippen molar-refractivity contribution >= 4 is 12.2 Å². The Bertz CT molecular complexity index is 259. The van der Waals surface area contributed by atoms with Crippen LogP contribution in [0.2, 0.25) is 0 Å². The number of fused-ring (bicyclic) bond motifs is 1. The maximum atomic E-state index is 4.94. The van der Waals surface area contributed by atoms with Gasteiger partial charge in [0, 0.05) is 25.2 Å². The summed E-state index contributed by atoms with van der Waals surface area (Å²) < 4.78 is 0.744. The van der Waals surface area contributed by atoms with Gasteiger partial charge in [0.2, 0.25) is 0 Å². The molecule has 0 atom stereocenters. The van der Waals surface area contributed by atoms with Crippen molar-refractivity contribution in [1.82, 2.24) is 15.3 Å². The van der Waals surface area contributed by atoms with E-state index in [1.54, 1.807) is 0 Å². The van der Waals surface area contributed by atoms with E-state index in [1.807, 2.05) is 0 Å². The molecule has 0 amide bonds. The first-order valence-electron chi connectivity index (χ1n) is 3.37. The Morgan fingerprint density at radius 3 is 2.80 bits per heavy atom. The number of aromatic nitrogens is 2. The van der Waals surface area contributed by atoms with Gasteiger partial charge in [0.05, 0.1) is 5.69 Å². The Morgan fingerprint density at radius 2 is 2.00 bits per heavy atom. The molecule has 0 aromatic carbocycles. The second-order valence-electron chi connectivity index (χ2n) is 2.46. The highest BCUT2D eigenvalue weighted by Gasteiger charge is 2.08. The quantitative estimate of drug-likeness (QED) is 0.483. The summed E-state index contributed by atoms with van der Waals surface area (Å²) in [4.78, 5) is 6.21. The molecule has 2 heterocycles. The normalized spacial score (nSPS) is 16.8. The van der Waals surface area contributed by atoms with Gasteiger partial charge in [-0.2, -0.15) is 0 Å². The van der Waals surface area contributed by atoms with E-state index >= 15 is 0 Å². The SMILES string of the molecule is S=c1[nH]c2c([nH]1)CNCC2. The summed E-state index contributed by atoms with van der Waals surface area (Å²) in [5, 5.41) is 3.26. The fourth-order valence-electron chi connectivity index (χ4n) is 1.25. The molecule has 0 bridgehead atoms. The molecule has 1 aromatic rings. The van der Waals surface area contributed by atoms with Gasteiger partial charge in [0.15, 0.2) is 4.77 Å². The van der Waals surface area contributed by atoms with Crippen molar-refractivity contribution < 1.29 is 0 Å². The molecule has 1 aliphatic heterocycles. The highest BCUT2D eigenvalue weighted by atomic mass is 32.1. The largest absolute Gasteiger partial charge is 0.334 e. The summed E-state index contributed by atoms with van der Waals surface area (Å²) in [6.45, 7) is 1.97. The van der Waals surface area contributed by atoms with Crippen LogP contribution in [-0.2, 0) is 13.0 Å². The van der Waals surface area contributed by atoms with Gasteiger partial charge in [-0.05, 0) is 12.2 Å². The van der Waals surface area contributed by atoms with E-state index in [0.717, 1.165) is 24.3 Å². The Hall–Kier alpha value is -0.610. The number of nitrogens with one attached hydrogen (secondary N) is 3. The first kappa shape index (κ1) is 6.12. The number of aromatic amines is 2. The van der Waals surface area contributed by atoms with Gasteiger partial charge in [-0.1, -0.05) is 0 Å². The molecule has 2 rings (SSSR count). The summed E-state index contributed by atoms with van der Waals surface area (Å²) in [7, 11) is 0. The Labute approximate surface area is 63.9 Å². The van der Waals surface area contributed by atoms with Crippen molar-refractivity contribution in [2.24, 2.45) is 0 Å². The predicted molar refractivity (Wildman–Crippen MR) is 41.4 cm³/mol. The highest BCUT2D eigenvalue weighted by Crippen LogP contribution is 2.07. The van der Waals surface area contributed by atoms with Crippen LogP contribution in [0.3, 0.4) is 0 Å². The third-order valence-corrected chi connectivity index (χ3v) is 1.95. The second kappa shape index (κ2) is 2.21. The van der Waals surface area contributed by atoms with Crippen LogP contribution >= 0.6 is 12.2 Å². The predicted octanol–water partition coefficient (Wildman–Crippen LogP) is 0.718. The van der Waals surface area contributed by atoms with Gasteiger partial charge < -0.3 is 15.3 Å². The smallest absolute Gasteiger partial charge is 0.174 e. The molecule has 1 aromatic heterocycles. The molecule has 4 heteroatoms. The van der Waals surface area contributed by atoms with Crippen LogP contribution in [0.25, 0.3) is 0 Å². The molecule has 0 radical (unpaired) electrons. The molecular weight excluding hydrogens is 146 g/mol. The number of rotatable bonds is 0. The van der Waals surface area contributed by atoms with Crippen LogP contribution in [-0.4, -0.2) is 16.5 Å². The van der Waals surface area contributed by atoms with Crippen molar-refractivity contribution in [3.8, 4) is 0 Å². The van der Waals surface area contributed by atoms with E-state index in [2.05, 4.69) is 15.3 Å². The first-order chi connectivity index (χ1) is 4.86. The van der Waals surface area contributed by atoms with Crippen LogP contribution in [0.5, 0.6) is 0 Å². The van der Waals surface area contributed by atoms with Crippen LogP contribution in [0.15, 0.2) is 0 Å². The molecule has 0 saturated heterocycles. The molecule has 3 N–H and O–H groups in total. The molecule has 0 fully saturated rings. The third kappa shape index (κ3) is 0.892. The van der Waals surface area contributed by atoms with Gasteiger partial charge in [0.25, 0.3) is 0 Å². The van der Waals surface area contributed by atoms with Gasteiger partial charge in [-0.25, -0.2) is 0 Å². The zero-order valence-corrected chi connectivity index (χ0v) is 6.35. The van der Waals surface area contributed by atoms with Crippen molar-refractivity contribution in [3.63, 3.8) is 0 Å². The van der Waals surface area contributed by atoms with Crippen molar-refractivity contribution in [2.45, 2.75) is 13.0 Å². The van der Waals surface area contributed by atoms with Crippen LogP contribution in [0, 0.1) is 4.77 Å². The Balaban J connectivity index is 2.50. The second-order valence-corrected chi connectivity index (χ2v) is 2.87. The number of imidazole rings is 1. The van der Waals surface area contributed by atoms with Crippen molar-refractivity contribution in [2.75, 3.05) is 6.54 Å². The first-order valence-corrected chi connectivity index (χ1v) is 3.78. The van der Waals surface area contributed by atoms with Gasteiger partial charge in [0.1, 0.15) is 0 Å². The number of H-pyrrole nitrogens is 2. The lowest BCUT2D eigenvalue weighted by Gasteiger charge is -2.10. The fourth-order valence-corrected chi connectivity index (χ4v) is 1.49. The fraction of sp³-hybridized carbons (Fsp3) is 0.500. The lowest BCUT2D eigenvalue weighted by Crippen LogP contribution is -2.23. The average Bonchev–Trinajstić information content (AvgIpc) is 2.27. The van der Waals surface area contributed by atoms with Gasteiger partial charge >= 0.3 is 0 Å².